The van der Waals surface area contributed by atoms with Crippen LogP contribution in [0.4, 0.5) is 0 Å². The van der Waals surface area contributed by atoms with Gasteiger partial charge in [-0.3, -0.25) is 9.69 Å². The average Bonchev–Trinajstić information content (AvgIpc) is 2.20. The lowest BCUT2D eigenvalue weighted by atomic mass is 10.1. The molecular weight excluding hydrogens is 202 g/mol. The zero-order chi connectivity index (χ0) is 12.1. The van der Waals surface area contributed by atoms with Gasteiger partial charge in [0, 0.05) is 6.54 Å². The molecule has 0 unspecified atom stereocenters. The van der Waals surface area contributed by atoms with Crippen LogP contribution in [0.5, 0.6) is 0 Å². The Balaban J connectivity index is 2.73. The third-order valence-corrected chi connectivity index (χ3v) is 2.70. The fourth-order valence-corrected chi connectivity index (χ4v) is 1.73. The van der Waals surface area contributed by atoms with Crippen LogP contribution in [0.1, 0.15) is 23.6 Å². The minimum Gasteiger partial charge on any atom is -0.480 e. The van der Waals surface area contributed by atoms with Gasteiger partial charge in [-0.05, 0) is 31.5 Å². The highest BCUT2D eigenvalue weighted by atomic mass is 16.4. The number of likely N-dealkylation sites (N-methyl/N-ethyl adjacent to an activating group) is 1. The molecule has 1 rings (SSSR count). The van der Waals surface area contributed by atoms with Gasteiger partial charge in [-0.1, -0.05) is 30.7 Å². The summed E-state index contributed by atoms with van der Waals surface area (Å²) in [5.41, 5.74) is 3.67. The van der Waals surface area contributed by atoms with E-state index < -0.39 is 5.97 Å². The lowest BCUT2D eigenvalue weighted by Gasteiger charge is -2.19. The fraction of sp³-hybridized carbons (Fsp3) is 0.462. The monoisotopic (exact) mass is 221 g/mol. The smallest absolute Gasteiger partial charge is 0.317 e. The lowest BCUT2D eigenvalue weighted by Crippen LogP contribution is -2.29. The number of nitrogens with zero attached hydrogens (tertiary/aromatic N) is 1. The summed E-state index contributed by atoms with van der Waals surface area (Å²) in [5, 5.41) is 8.76. The Morgan fingerprint density at radius 3 is 2.56 bits per heavy atom. The van der Waals surface area contributed by atoms with Gasteiger partial charge in [0.2, 0.25) is 0 Å². The maximum atomic E-state index is 10.7. The van der Waals surface area contributed by atoms with Crippen LogP contribution in [-0.2, 0) is 11.3 Å². The molecule has 0 aliphatic carbocycles. The van der Waals surface area contributed by atoms with Gasteiger partial charge in [0.1, 0.15) is 0 Å². The molecule has 0 aromatic heterocycles. The molecule has 0 fully saturated rings. The van der Waals surface area contributed by atoms with E-state index in [-0.39, 0.29) is 6.54 Å². The molecule has 0 spiro atoms. The van der Waals surface area contributed by atoms with Gasteiger partial charge in [-0.15, -0.1) is 0 Å². The van der Waals surface area contributed by atoms with E-state index in [1.54, 1.807) is 0 Å². The molecular formula is C13H19NO2. The minimum absolute atomic E-state index is 0.101. The van der Waals surface area contributed by atoms with E-state index in [2.05, 4.69) is 32.0 Å². The van der Waals surface area contributed by atoms with E-state index in [1.807, 2.05) is 11.8 Å². The number of carbonyl (C=O) groups is 1. The topological polar surface area (TPSA) is 40.5 Å². The first-order chi connectivity index (χ1) is 7.52. The number of aryl methyl sites for hydroxylation is 2. The molecule has 0 radical (unpaired) electrons. The first-order valence-corrected chi connectivity index (χ1v) is 5.53. The van der Waals surface area contributed by atoms with Crippen LogP contribution in [0.2, 0.25) is 0 Å². The summed E-state index contributed by atoms with van der Waals surface area (Å²) in [4.78, 5) is 12.6. The Morgan fingerprint density at radius 1 is 1.38 bits per heavy atom. The van der Waals surface area contributed by atoms with E-state index in [0.717, 1.165) is 6.54 Å². The van der Waals surface area contributed by atoms with Crippen LogP contribution >= 0.6 is 0 Å². The van der Waals surface area contributed by atoms with Crippen LogP contribution in [-0.4, -0.2) is 29.1 Å². The fourth-order valence-electron chi connectivity index (χ4n) is 1.73. The second-order valence-electron chi connectivity index (χ2n) is 4.13. The number of hydrogen-bond acceptors (Lipinski definition) is 2. The summed E-state index contributed by atoms with van der Waals surface area (Å²) in [6.07, 6.45) is 0. The average molecular weight is 221 g/mol. The molecule has 1 aromatic rings. The number of rotatable bonds is 5. The second kappa shape index (κ2) is 5.66. The zero-order valence-corrected chi connectivity index (χ0v) is 10.2. The van der Waals surface area contributed by atoms with Gasteiger partial charge in [0.15, 0.2) is 0 Å². The molecule has 3 heteroatoms. The lowest BCUT2D eigenvalue weighted by molar-refractivity contribution is -0.138. The predicted molar refractivity (Wildman–Crippen MR) is 64.5 cm³/mol. The molecule has 0 saturated carbocycles. The van der Waals surface area contributed by atoms with Crippen molar-refractivity contribution in [2.45, 2.75) is 27.3 Å². The Morgan fingerprint density at radius 2 is 2.06 bits per heavy atom. The molecule has 0 bridgehead atoms. The molecule has 1 N–H and O–H groups in total. The molecule has 0 heterocycles. The third kappa shape index (κ3) is 3.66. The molecule has 3 nitrogen and oxygen atoms in total. The van der Waals surface area contributed by atoms with Gasteiger partial charge < -0.3 is 5.11 Å². The zero-order valence-electron chi connectivity index (χ0n) is 10.2. The minimum atomic E-state index is -0.772. The normalized spacial score (nSPS) is 10.8. The van der Waals surface area contributed by atoms with Crippen molar-refractivity contribution in [2.24, 2.45) is 0 Å². The highest BCUT2D eigenvalue weighted by molar-refractivity contribution is 5.69. The summed E-state index contributed by atoms with van der Waals surface area (Å²) in [7, 11) is 0. The Hall–Kier alpha value is -1.35. The van der Waals surface area contributed by atoms with Gasteiger partial charge in [0.05, 0.1) is 6.54 Å². The van der Waals surface area contributed by atoms with Crippen molar-refractivity contribution in [1.29, 1.82) is 0 Å². The molecule has 1 aromatic carbocycles. The van der Waals surface area contributed by atoms with Gasteiger partial charge in [0.25, 0.3) is 0 Å². The summed E-state index contributed by atoms with van der Waals surface area (Å²) >= 11 is 0. The largest absolute Gasteiger partial charge is 0.480 e. The Labute approximate surface area is 96.7 Å². The van der Waals surface area contributed by atoms with Crippen LogP contribution in [0.3, 0.4) is 0 Å². The van der Waals surface area contributed by atoms with Gasteiger partial charge >= 0.3 is 5.97 Å². The van der Waals surface area contributed by atoms with E-state index in [9.17, 15) is 4.79 Å². The van der Waals surface area contributed by atoms with Crippen LogP contribution in [0.15, 0.2) is 18.2 Å². The van der Waals surface area contributed by atoms with Crippen molar-refractivity contribution in [1.82, 2.24) is 4.90 Å². The van der Waals surface area contributed by atoms with E-state index >= 15 is 0 Å². The predicted octanol–water partition coefficient (Wildman–Crippen LogP) is 2.21. The Bertz CT molecular complexity index is 374. The number of aliphatic carboxylic acids is 1. The molecule has 88 valence electrons. The first-order valence-electron chi connectivity index (χ1n) is 5.53. The summed E-state index contributed by atoms with van der Waals surface area (Å²) in [6.45, 7) is 7.66. The SMILES string of the molecule is CCN(CC(=O)O)Cc1ccc(C)cc1C. The maximum absolute atomic E-state index is 10.7. The van der Waals surface area contributed by atoms with Crippen molar-refractivity contribution < 1.29 is 9.90 Å². The van der Waals surface area contributed by atoms with Crippen molar-refractivity contribution in [2.75, 3.05) is 13.1 Å². The first kappa shape index (κ1) is 12.7. The number of hydrogen-bond donors (Lipinski definition) is 1. The van der Waals surface area contributed by atoms with Crippen molar-refractivity contribution in [3.63, 3.8) is 0 Å². The molecule has 0 saturated heterocycles. The van der Waals surface area contributed by atoms with Gasteiger partial charge in [-0.25, -0.2) is 0 Å². The third-order valence-electron chi connectivity index (χ3n) is 2.70. The summed E-state index contributed by atoms with van der Waals surface area (Å²) in [6, 6.07) is 6.27. The van der Waals surface area contributed by atoms with Crippen LogP contribution in [0.25, 0.3) is 0 Å². The molecule has 0 aliphatic rings. The quantitative estimate of drug-likeness (QED) is 0.828. The molecule has 0 atom stereocenters. The highest BCUT2D eigenvalue weighted by Gasteiger charge is 2.09. The van der Waals surface area contributed by atoms with Crippen molar-refractivity contribution >= 4 is 5.97 Å². The Kier molecular flexibility index (Phi) is 4.50. The van der Waals surface area contributed by atoms with E-state index in [4.69, 9.17) is 5.11 Å². The second-order valence-corrected chi connectivity index (χ2v) is 4.13. The number of benzene rings is 1. The molecule has 0 aliphatic heterocycles. The number of carboxylic acid groups (broad SMARTS) is 1. The van der Waals surface area contributed by atoms with Gasteiger partial charge in [-0.2, -0.15) is 0 Å². The molecule has 16 heavy (non-hydrogen) atoms. The van der Waals surface area contributed by atoms with Crippen molar-refractivity contribution in [3.8, 4) is 0 Å². The summed E-state index contributed by atoms with van der Waals surface area (Å²) in [5.74, 6) is -0.772. The highest BCUT2D eigenvalue weighted by Crippen LogP contribution is 2.12. The summed E-state index contributed by atoms with van der Waals surface area (Å²) < 4.78 is 0. The van der Waals surface area contributed by atoms with E-state index in [0.29, 0.717) is 6.54 Å². The molecule has 0 amide bonds. The van der Waals surface area contributed by atoms with Crippen molar-refractivity contribution in [3.05, 3.63) is 34.9 Å². The standard InChI is InChI=1S/C13H19NO2/c1-4-14(9-13(15)16)8-12-6-5-10(2)7-11(12)3/h5-7H,4,8-9H2,1-3H3,(H,15,16). The van der Waals surface area contributed by atoms with E-state index in [1.165, 1.54) is 16.7 Å². The van der Waals surface area contributed by atoms with Crippen LogP contribution < -0.4 is 0 Å². The van der Waals surface area contributed by atoms with Crippen LogP contribution in [0, 0.1) is 13.8 Å². The number of carboxylic acids is 1. The maximum Gasteiger partial charge on any atom is 0.317 e.